The Morgan fingerprint density at radius 3 is 2.95 bits per heavy atom. The van der Waals surface area contributed by atoms with Gasteiger partial charge in [-0.1, -0.05) is 31.2 Å². The molecule has 1 aromatic rings. The summed E-state index contributed by atoms with van der Waals surface area (Å²) in [5, 5.41) is 3.71. The molecule has 0 spiro atoms. The van der Waals surface area contributed by atoms with Gasteiger partial charge in [0.2, 0.25) is 0 Å². The number of ether oxygens (including phenoxy) is 1. The van der Waals surface area contributed by atoms with Crippen molar-refractivity contribution in [3.8, 4) is 0 Å². The molecule has 1 heterocycles. The van der Waals surface area contributed by atoms with Crippen LogP contribution in [-0.4, -0.2) is 19.2 Å². The van der Waals surface area contributed by atoms with Crippen LogP contribution in [-0.2, 0) is 11.2 Å². The van der Waals surface area contributed by atoms with Gasteiger partial charge in [-0.25, -0.2) is 0 Å². The van der Waals surface area contributed by atoms with E-state index in [1.807, 2.05) is 6.26 Å². The lowest BCUT2D eigenvalue weighted by molar-refractivity contribution is 0.216. The molecular formula is C18H25NO. The van der Waals surface area contributed by atoms with Crippen molar-refractivity contribution in [2.24, 2.45) is 0 Å². The molecule has 1 aromatic carbocycles. The summed E-state index contributed by atoms with van der Waals surface area (Å²) in [4.78, 5) is 0. The molecular weight excluding hydrogens is 246 g/mol. The van der Waals surface area contributed by atoms with Gasteiger partial charge in [-0.3, -0.25) is 0 Å². The van der Waals surface area contributed by atoms with Crippen LogP contribution in [0, 0.1) is 0 Å². The molecule has 2 unspecified atom stereocenters. The van der Waals surface area contributed by atoms with E-state index in [0.29, 0.717) is 12.0 Å². The average Bonchev–Trinajstić information content (AvgIpc) is 2.53. The summed E-state index contributed by atoms with van der Waals surface area (Å²) in [6, 6.07) is 9.43. The van der Waals surface area contributed by atoms with Crippen molar-refractivity contribution >= 4 is 0 Å². The minimum absolute atomic E-state index is 0.446. The Balaban J connectivity index is 1.90. The van der Waals surface area contributed by atoms with Gasteiger partial charge in [0.15, 0.2) is 0 Å². The second-order valence-electron chi connectivity index (χ2n) is 5.90. The first-order valence-corrected chi connectivity index (χ1v) is 8.02. The van der Waals surface area contributed by atoms with Crippen LogP contribution in [0.2, 0.25) is 0 Å². The molecule has 0 saturated heterocycles. The van der Waals surface area contributed by atoms with Crippen molar-refractivity contribution < 1.29 is 4.74 Å². The Morgan fingerprint density at radius 2 is 2.15 bits per heavy atom. The summed E-state index contributed by atoms with van der Waals surface area (Å²) >= 11 is 0. The normalized spacial score (nSPS) is 23.4. The predicted octanol–water partition coefficient (Wildman–Crippen LogP) is 3.78. The van der Waals surface area contributed by atoms with E-state index in [9.17, 15) is 0 Å². The quantitative estimate of drug-likeness (QED) is 0.900. The molecule has 2 aliphatic rings. The van der Waals surface area contributed by atoms with E-state index in [1.165, 1.54) is 31.3 Å². The molecule has 2 nitrogen and oxygen atoms in total. The third-order valence-corrected chi connectivity index (χ3v) is 4.60. The first kappa shape index (κ1) is 13.7. The van der Waals surface area contributed by atoms with Crippen molar-refractivity contribution in [1.29, 1.82) is 0 Å². The maximum atomic E-state index is 5.59. The second-order valence-corrected chi connectivity index (χ2v) is 5.90. The van der Waals surface area contributed by atoms with Crippen LogP contribution in [0.15, 0.2) is 36.1 Å². The number of likely N-dealkylation sites (N-methyl/N-ethyl adjacent to an activating group) is 1. The lowest BCUT2D eigenvalue weighted by atomic mass is 9.76. The van der Waals surface area contributed by atoms with Crippen LogP contribution in [0.25, 0.3) is 0 Å². The van der Waals surface area contributed by atoms with E-state index >= 15 is 0 Å². The Kier molecular flexibility index (Phi) is 4.41. The summed E-state index contributed by atoms with van der Waals surface area (Å²) in [5.74, 6) is 0.604. The highest BCUT2D eigenvalue weighted by Crippen LogP contribution is 2.37. The standard InChI is InChI=1S/C18H25NO/c1-2-19-18(15-9-6-12-20-13-15)17-11-5-8-14-7-3-4-10-16(14)17/h3-4,7,10,13,17-19H,2,5-6,8-9,11-12H2,1H3. The topological polar surface area (TPSA) is 21.3 Å². The number of hydrogen-bond donors (Lipinski definition) is 1. The lowest BCUT2D eigenvalue weighted by Crippen LogP contribution is -2.38. The highest BCUT2D eigenvalue weighted by molar-refractivity contribution is 5.36. The molecule has 0 fully saturated rings. The molecule has 0 amide bonds. The Bertz CT molecular complexity index is 480. The maximum Gasteiger partial charge on any atom is 0.0876 e. The van der Waals surface area contributed by atoms with Gasteiger partial charge < -0.3 is 10.1 Å². The lowest BCUT2D eigenvalue weighted by Gasteiger charge is -2.35. The molecule has 2 heteroatoms. The van der Waals surface area contributed by atoms with Crippen molar-refractivity contribution in [3.63, 3.8) is 0 Å². The Morgan fingerprint density at radius 1 is 1.25 bits per heavy atom. The molecule has 1 aliphatic heterocycles. The van der Waals surface area contributed by atoms with E-state index < -0.39 is 0 Å². The first-order chi connectivity index (χ1) is 9.90. The average molecular weight is 271 g/mol. The fraction of sp³-hybridized carbons (Fsp3) is 0.556. The zero-order chi connectivity index (χ0) is 13.8. The molecule has 1 aliphatic carbocycles. The number of benzene rings is 1. The minimum atomic E-state index is 0.446. The van der Waals surface area contributed by atoms with Gasteiger partial charge >= 0.3 is 0 Å². The Hall–Kier alpha value is -1.28. The summed E-state index contributed by atoms with van der Waals surface area (Å²) < 4.78 is 5.59. The fourth-order valence-corrected chi connectivity index (χ4v) is 3.70. The molecule has 108 valence electrons. The molecule has 2 atom stereocenters. The number of fused-ring (bicyclic) bond motifs is 1. The summed E-state index contributed by atoms with van der Waals surface area (Å²) in [6.45, 7) is 4.09. The van der Waals surface area contributed by atoms with E-state index in [0.717, 1.165) is 19.6 Å². The van der Waals surface area contributed by atoms with Crippen LogP contribution in [0.1, 0.15) is 49.7 Å². The molecule has 3 rings (SSSR count). The highest BCUT2D eigenvalue weighted by Gasteiger charge is 2.30. The van der Waals surface area contributed by atoms with Crippen LogP contribution >= 0.6 is 0 Å². The largest absolute Gasteiger partial charge is 0.501 e. The van der Waals surface area contributed by atoms with Crippen molar-refractivity contribution in [2.45, 2.75) is 51.0 Å². The van der Waals surface area contributed by atoms with Gasteiger partial charge in [0.1, 0.15) is 0 Å². The van der Waals surface area contributed by atoms with Crippen LogP contribution in [0.5, 0.6) is 0 Å². The summed E-state index contributed by atoms with van der Waals surface area (Å²) in [5.41, 5.74) is 4.56. The van der Waals surface area contributed by atoms with Gasteiger partial charge in [0, 0.05) is 12.0 Å². The molecule has 0 radical (unpaired) electrons. The van der Waals surface area contributed by atoms with Gasteiger partial charge in [0.05, 0.1) is 12.9 Å². The number of rotatable bonds is 4. The molecule has 0 bridgehead atoms. The van der Waals surface area contributed by atoms with E-state index in [4.69, 9.17) is 4.74 Å². The Labute approximate surface area is 122 Å². The third-order valence-electron chi connectivity index (χ3n) is 4.60. The number of aryl methyl sites for hydroxylation is 1. The SMILES string of the molecule is CCNC(C1=COCCC1)C1CCCc2ccccc21. The fourth-order valence-electron chi connectivity index (χ4n) is 3.70. The molecule has 1 N–H and O–H groups in total. The zero-order valence-corrected chi connectivity index (χ0v) is 12.4. The van der Waals surface area contributed by atoms with Gasteiger partial charge in [-0.15, -0.1) is 0 Å². The smallest absolute Gasteiger partial charge is 0.0876 e. The van der Waals surface area contributed by atoms with Gasteiger partial charge in [-0.2, -0.15) is 0 Å². The second kappa shape index (κ2) is 6.45. The number of nitrogens with one attached hydrogen (secondary N) is 1. The van der Waals surface area contributed by atoms with Crippen molar-refractivity contribution in [3.05, 3.63) is 47.2 Å². The zero-order valence-electron chi connectivity index (χ0n) is 12.4. The van der Waals surface area contributed by atoms with E-state index in [1.54, 1.807) is 11.1 Å². The molecule has 0 saturated carbocycles. The van der Waals surface area contributed by atoms with E-state index in [-0.39, 0.29) is 0 Å². The van der Waals surface area contributed by atoms with Gasteiger partial charge in [-0.05, 0) is 55.3 Å². The van der Waals surface area contributed by atoms with Crippen molar-refractivity contribution in [2.75, 3.05) is 13.2 Å². The van der Waals surface area contributed by atoms with Crippen LogP contribution < -0.4 is 5.32 Å². The van der Waals surface area contributed by atoms with Crippen LogP contribution in [0.3, 0.4) is 0 Å². The third kappa shape index (κ3) is 2.76. The maximum absolute atomic E-state index is 5.59. The van der Waals surface area contributed by atoms with Crippen molar-refractivity contribution in [1.82, 2.24) is 5.32 Å². The van der Waals surface area contributed by atoms with Gasteiger partial charge in [0.25, 0.3) is 0 Å². The predicted molar refractivity (Wildman–Crippen MR) is 82.9 cm³/mol. The number of hydrogen-bond acceptors (Lipinski definition) is 2. The monoisotopic (exact) mass is 271 g/mol. The summed E-state index contributed by atoms with van der Waals surface area (Å²) in [7, 11) is 0. The first-order valence-electron chi connectivity index (χ1n) is 8.02. The summed E-state index contributed by atoms with van der Waals surface area (Å²) in [6.07, 6.45) is 8.18. The van der Waals surface area contributed by atoms with E-state index in [2.05, 4.69) is 36.5 Å². The van der Waals surface area contributed by atoms with Crippen LogP contribution in [0.4, 0.5) is 0 Å². The highest BCUT2D eigenvalue weighted by atomic mass is 16.5. The minimum Gasteiger partial charge on any atom is -0.501 e. The molecule has 20 heavy (non-hydrogen) atoms. The molecule has 0 aromatic heterocycles.